The monoisotopic (exact) mass is 288 g/mol. The van der Waals surface area contributed by atoms with E-state index in [1.165, 1.54) is 17.7 Å². The lowest BCUT2D eigenvalue weighted by molar-refractivity contribution is 0.305. The van der Waals surface area contributed by atoms with E-state index in [4.69, 9.17) is 15.7 Å². The summed E-state index contributed by atoms with van der Waals surface area (Å²) in [5, 5.41) is 11.5. The summed E-state index contributed by atoms with van der Waals surface area (Å²) in [6.45, 7) is 2.28. The van der Waals surface area contributed by atoms with Crippen molar-refractivity contribution in [2.75, 3.05) is 0 Å². The summed E-state index contributed by atoms with van der Waals surface area (Å²) in [5.41, 5.74) is 7.61. The number of hydrogen-bond acceptors (Lipinski definition) is 3. The zero-order valence-electron chi connectivity index (χ0n) is 11.7. The molecule has 2 aromatic rings. The largest absolute Gasteiger partial charge is 0.489 e. The minimum atomic E-state index is -0.459. The molecule has 0 heterocycles. The maximum atomic E-state index is 13.5. The lowest BCUT2D eigenvalue weighted by Crippen LogP contribution is -2.14. The molecule has 0 amide bonds. The highest BCUT2D eigenvalue weighted by atomic mass is 19.1. The van der Waals surface area contributed by atoms with Crippen LogP contribution in [-0.2, 0) is 13.0 Å². The second-order valence-electron chi connectivity index (χ2n) is 4.62. The number of rotatable bonds is 5. The second kappa shape index (κ2) is 6.74. The van der Waals surface area contributed by atoms with Crippen LogP contribution in [0, 0.1) is 5.82 Å². The first-order valence-corrected chi connectivity index (χ1v) is 6.61. The van der Waals surface area contributed by atoms with Crippen molar-refractivity contribution in [3.63, 3.8) is 0 Å². The molecule has 0 saturated heterocycles. The number of aryl methyl sites for hydroxylation is 1. The molecule has 0 aromatic heterocycles. The molecule has 2 rings (SSSR count). The van der Waals surface area contributed by atoms with E-state index in [1.807, 2.05) is 24.3 Å². The maximum Gasteiger partial charge on any atom is 0.170 e. The van der Waals surface area contributed by atoms with Gasteiger partial charge in [0.1, 0.15) is 18.2 Å². The van der Waals surface area contributed by atoms with Gasteiger partial charge in [0.2, 0.25) is 0 Å². The molecular weight excluding hydrogens is 271 g/mol. The second-order valence-corrected chi connectivity index (χ2v) is 4.62. The Morgan fingerprint density at radius 1 is 1.19 bits per heavy atom. The number of nitrogens with two attached hydrogens (primary N) is 1. The summed E-state index contributed by atoms with van der Waals surface area (Å²) in [7, 11) is 0. The van der Waals surface area contributed by atoms with Gasteiger partial charge < -0.3 is 15.7 Å². The molecule has 2 aromatic carbocycles. The van der Waals surface area contributed by atoms with Crippen molar-refractivity contribution in [3.05, 3.63) is 65.0 Å². The van der Waals surface area contributed by atoms with E-state index in [9.17, 15) is 4.39 Å². The Bertz CT molecular complexity index is 639. The number of amidine groups is 1. The fourth-order valence-corrected chi connectivity index (χ4v) is 1.93. The number of halogens is 1. The van der Waals surface area contributed by atoms with Crippen molar-refractivity contribution in [2.24, 2.45) is 10.9 Å². The molecule has 4 nitrogen and oxygen atoms in total. The van der Waals surface area contributed by atoms with Crippen molar-refractivity contribution in [2.45, 2.75) is 20.0 Å². The fourth-order valence-electron chi connectivity index (χ4n) is 1.93. The van der Waals surface area contributed by atoms with Crippen molar-refractivity contribution >= 4 is 5.84 Å². The molecule has 0 saturated carbocycles. The third kappa shape index (κ3) is 3.95. The first kappa shape index (κ1) is 14.8. The minimum Gasteiger partial charge on any atom is -0.489 e. The van der Waals surface area contributed by atoms with Gasteiger partial charge in [0.25, 0.3) is 0 Å². The lowest BCUT2D eigenvalue weighted by Gasteiger charge is -2.08. The Labute approximate surface area is 122 Å². The first-order chi connectivity index (χ1) is 10.1. The minimum absolute atomic E-state index is 0.136. The standard InChI is InChI=1S/C16H17FN2O2/c1-2-11-3-5-15(6-4-11)21-10-12-7-13(16(18)19-20)9-14(17)8-12/h3-9,20H,2,10H2,1H3,(H2,18,19). The van der Waals surface area contributed by atoms with Crippen molar-refractivity contribution in [1.82, 2.24) is 0 Å². The SMILES string of the molecule is CCc1ccc(OCc2cc(F)cc(/C(N)=N/O)c2)cc1. The van der Waals surface area contributed by atoms with Crippen LogP contribution in [0.15, 0.2) is 47.6 Å². The Balaban J connectivity index is 2.10. The van der Waals surface area contributed by atoms with E-state index < -0.39 is 5.82 Å². The van der Waals surface area contributed by atoms with Gasteiger partial charge in [0, 0.05) is 5.56 Å². The average molecular weight is 288 g/mol. The summed E-state index contributed by atoms with van der Waals surface area (Å²) in [4.78, 5) is 0. The quantitative estimate of drug-likeness (QED) is 0.384. The molecule has 21 heavy (non-hydrogen) atoms. The van der Waals surface area contributed by atoms with E-state index in [0.717, 1.165) is 6.42 Å². The molecule has 0 atom stereocenters. The number of benzene rings is 2. The number of oxime groups is 1. The Kier molecular flexibility index (Phi) is 4.77. The van der Waals surface area contributed by atoms with Gasteiger partial charge in [-0.25, -0.2) is 4.39 Å². The van der Waals surface area contributed by atoms with Gasteiger partial charge in [-0.15, -0.1) is 0 Å². The first-order valence-electron chi connectivity index (χ1n) is 6.61. The average Bonchev–Trinajstić information content (AvgIpc) is 2.52. The van der Waals surface area contributed by atoms with Gasteiger partial charge in [0.15, 0.2) is 5.84 Å². The number of nitrogens with zero attached hydrogens (tertiary/aromatic N) is 1. The van der Waals surface area contributed by atoms with Crippen molar-refractivity contribution in [1.29, 1.82) is 0 Å². The van der Waals surface area contributed by atoms with Crippen LogP contribution in [0.4, 0.5) is 4.39 Å². The molecule has 0 bridgehead atoms. The van der Waals surface area contributed by atoms with Crippen LogP contribution >= 0.6 is 0 Å². The number of hydrogen-bond donors (Lipinski definition) is 2. The van der Waals surface area contributed by atoms with Gasteiger partial charge in [-0.1, -0.05) is 24.2 Å². The molecule has 0 spiro atoms. The molecule has 0 aliphatic rings. The molecule has 110 valence electrons. The van der Waals surface area contributed by atoms with Crippen LogP contribution in [0.3, 0.4) is 0 Å². The highest BCUT2D eigenvalue weighted by Crippen LogP contribution is 2.16. The molecule has 0 aliphatic carbocycles. The van der Waals surface area contributed by atoms with Gasteiger partial charge in [0.05, 0.1) is 0 Å². The van der Waals surface area contributed by atoms with Crippen molar-refractivity contribution in [3.8, 4) is 5.75 Å². The van der Waals surface area contributed by atoms with Crippen LogP contribution in [0.5, 0.6) is 5.75 Å². The Morgan fingerprint density at radius 2 is 1.90 bits per heavy atom. The molecule has 5 heteroatoms. The fraction of sp³-hybridized carbons (Fsp3) is 0.188. The zero-order chi connectivity index (χ0) is 15.2. The van der Waals surface area contributed by atoms with Gasteiger partial charge >= 0.3 is 0 Å². The molecule has 0 aliphatic heterocycles. The zero-order valence-corrected chi connectivity index (χ0v) is 11.7. The Hall–Kier alpha value is -2.56. The molecule has 3 N–H and O–H groups in total. The summed E-state index contributed by atoms with van der Waals surface area (Å²) >= 11 is 0. The maximum absolute atomic E-state index is 13.5. The Morgan fingerprint density at radius 3 is 2.52 bits per heavy atom. The van der Waals surface area contributed by atoms with Crippen LogP contribution in [0.1, 0.15) is 23.6 Å². The predicted molar refractivity (Wildman–Crippen MR) is 79.1 cm³/mol. The summed E-state index contributed by atoms with van der Waals surface area (Å²) in [6.07, 6.45) is 0.966. The summed E-state index contributed by atoms with van der Waals surface area (Å²) < 4.78 is 19.1. The van der Waals surface area contributed by atoms with Gasteiger partial charge in [-0.2, -0.15) is 0 Å². The third-order valence-corrected chi connectivity index (χ3v) is 3.10. The summed E-state index contributed by atoms with van der Waals surface area (Å²) in [5.74, 6) is 0.115. The highest BCUT2D eigenvalue weighted by Gasteiger charge is 2.05. The topological polar surface area (TPSA) is 67.8 Å². The van der Waals surface area contributed by atoms with Crippen LogP contribution < -0.4 is 10.5 Å². The predicted octanol–water partition coefficient (Wildman–Crippen LogP) is 3.06. The van der Waals surface area contributed by atoms with E-state index >= 15 is 0 Å². The van der Waals surface area contributed by atoms with E-state index in [1.54, 1.807) is 6.07 Å². The van der Waals surface area contributed by atoms with Gasteiger partial charge in [-0.05, 0) is 47.9 Å². The normalized spacial score (nSPS) is 11.4. The smallest absolute Gasteiger partial charge is 0.170 e. The molecular formula is C16H17FN2O2. The number of ether oxygens (including phenoxy) is 1. The molecule has 0 unspecified atom stereocenters. The van der Waals surface area contributed by atoms with E-state index in [0.29, 0.717) is 16.9 Å². The van der Waals surface area contributed by atoms with Crippen LogP contribution in [0.2, 0.25) is 0 Å². The highest BCUT2D eigenvalue weighted by molar-refractivity contribution is 5.97. The van der Waals surface area contributed by atoms with Gasteiger partial charge in [-0.3, -0.25) is 0 Å². The lowest BCUT2D eigenvalue weighted by atomic mass is 10.1. The van der Waals surface area contributed by atoms with Crippen LogP contribution in [0.25, 0.3) is 0 Å². The van der Waals surface area contributed by atoms with E-state index in [2.05, 4.69) is 12.1 Å². The van der Waals surface area contributed by atoms with Crippen molar-refractivity contribution < 1.29 is 14.3 Å². The van der Waals surface area contributed by atoms with E-state index in [-0.39, 0.29) is 12.4 Å². The molecule has 0 fully saturated rings. The van der Waals surface area contributed by atoms with Crippen LogP contribution in [-0.4, -0.2) is 11.0 Å². The molecule has 0 radical (unpaired) electrons. The third-order valence-electron chi connectivity index (χ3n) is 3.10. The summed E-state index contributed by atoms with van der Waals surface area (Å²) in [6, 6.07) is 11.9.